The van der Waals surface area contributed by atoms with Crippen LogP contribution in [0.15, 0.2) is 60.7 Å². The number of carboxylic acids is 1. The number of carbonyl (C=O) groups is 2. The fraction of sp³-hybridized carbons (Fsp3) is 0.259. The number of amides is 1. The van der Waals surface area contributed by atoms with Crippen molar-refractivity contribution in [2.75, 3.05) is 0 Å². The van der Waals surface area contributed by atoms with E-state index in [1.165, 1.54) is 50.2 Å². The summed E-state index contributed by atoms with van der Waals surface area (Å²) in [6, 6.07) is 11.5. The van der Waals surface area contributed by atoms with E-state index in [2.05, 4.69) is 5.32 Å². The van der Waals surface area contributed by atoms with Gasteiger partial charge in [0.25, 0.3) is 5.91 Å². The van der Waals surface area contributed by atoms with Crippen LogP contribution >= 0.6 is 0 Å². The van der Waals surface area contributed by atoms with E-state index < -0.39 is 47.5 Å². The number of nitrogens with one attached hydrogen (secondary N) is 1. The highest BCUT2D eigenvalue weighted by atomic mass is 19.4. The molecular weight excluding hydrogens is 532 g/mol. The molecule has 0 heterocycles. The number of carbonyl (C=O) groups excluding carboxylic acids is 1. The molecule has 0 unspecified atom stereocenters. The van der Waals surface area contributed by atoms with Crippen molar-refractivity contribution in [3.63, 3.8) is 0 Å². The van der Waals surface area contributed by atoms with Crippen LogP contribution in [0, 0.1) is 6.92 Å². The minimum atomic E-state index is -5.00. The van der Waals surface area contributed by atoms with Gasteiger partial charge in [0.15, 0.2) is 5.60 Å². The van der Waals surface area contributed by atoms with Crippen molar-refractivity contribution < 1.29 is 50.5 Å². The molecule has 0 saturated carbocycles. The van der Waals surface area contributed by atoms with Crippen LogP contribution in [0.4, 0.5) is 26.3 Å². The van der Waals surface area contributed by atoms with E-state index in [1.54, 1.807) is 13.0 Å². The Morgan fingerprint density at radius 2 is 1.44 bits per heavy atom. The molecule has 0 aromatic heterocycles. The lowest BCUT2D eigenvalue weighted by Gasteiger charge is -2.23. The van der Waals surface area contributed by atoms with Gasteiger partial charge in [0, 0.05) is 12.1 Å². The van der Waals surface area contributed by atoms with Crippen LogP contribution in [0.1, 0.15) is 46.5 Å². The van der Waals surface area contributed by atoms with Gasteiger partial charge in [-0.15, -0.1) is 0 Å². The first kappa shape index (κ1) is 29.3. The van der Waals surface area contributed by atoms with Crippen molar-refractivity contribution in [3.05, 3.63) is 88.5 Å². The molecule has 0 fully saturated rings. The molecule has 0 aliphatic rings. The highest BCUT2D eigenvalue weighted by Crippen LogP contribution is 2.36. The first-order chi connectivity index (χ1) is 18.0. The number of hydrogen-bond acceptors (Lipinski definition) is 4. The van der Waals surface area contributed by atoms with Gasteiger partial charge in [-0.3, -0.25) is 4.79 Å². The van der Waals surface area contributed by atoms with Crippen LogP contribution in [0.25, 0.3) is 0 Å². The van der Waals surface area contributed by atoms with Crippen LogP contribution < -0.4 is 14.8 Å². The summed E-state index contributed by atoms with van der Waals surface area (Å²) in [5.41, 5.74) is -4.16. The number of rotatable bonds is 8. The molecule has 0 saturated heterocycles. The Balaban J connectivity index is 1.73. The van der Waals surface area contributed by atoms with Crippen molar-refractivity contribution in [3.8, 4) is 17.2 Å². The number of benzene rings is 3. The lowest BCUT2D eigenvalue weighted by Crippen LogP contribution is -2.38. The summed E-state index contributed by atoms with van der Waals surface area (Å²) in [4.78, 5) is 23.9. The summed E-state index contributed by atoms with van der Waals surface area (Å²) in [6.07, 6.45) is -10.00. The average Bonchev–Trinajstić information content (AvgIpc) is 2.83. The maximum absolute atomic E-state index is 13.1. The lowest BCUT2D eigenvalue weighted by molar-refractivity contribution is -0.152. The second-order valence-electron chi connectivity index (χ2n) is 9.07. The number of ether oxygens (including phenoxy) is 2. The molecule has 3 aromatic rings. The zero-order valence-electron chi connectivity index (χ0n) is 20.8. The van der Waals surface area contributed by atoms with Crippen molar-refractivity contribution in [1.82, 2.24) is 5.32 Å². The molecule has 3 rings (SSSR count). The summed E-state index contributed by atoms with van der Waals surface area (Å²) >= 11 is 0. The van der Waals surface area contributed by atoms with Crippen molar-refractivity contribution >= 4 is 11.9 Å². The van der Waals surface area contributed by atoms with Crippen LogP contribution in [0.3, 0.4) is 0 Å². The van der Waals surface area contributed by atoms with Crippen molar-refractivity contribution in [2.24, 2.45) is 0 Å². The number of aliphatic carboxylic acids is 1. The van der Waals surface area contributed by atoms with E-state index in [0.717, 1.165) is 0 Å². The fourth-order valence-corrected chi connectivity index (χ4v) is 3.36. The minimum Gasteiger partial charge on any atom is -0.478 e. The van der Waals surface area contributed by atoms with E-state index in [1.807, 2.05) is 0 Å². The van der Waals surface area contributed by atoms with Gasteiger partial charge >= 0.3 is 18.3 Å². The van der Waals surface area contributed by atoms with E-state index in [4.69, 9.17) is 9.47 Å². The molecule has 0 atom stereocenters. The van der Waals surface area contributed by atoms with Gasteiger partial charge in [-0.1, -0.05) is 6.07 Å². The van der Waals surface area contributed by atoms with Crippen molar-refractivity contribution in [1.29, 1.82) is 0 Å². The first-order valence-electron chi connectivity index (χ1n) is 11.3. The Labute approximate surface area is 219 Å². The number of hydrogen-bond donors (Lipinski definition) is 2. The molecule has 12 heteroatoms. The van der Waals surface area contributed by atoms with Gasteiger partial charge in [0.05, 0.1) is 11.1 Å². The van der Waals surface area contributed by atoms with Gasteiger partial charge < -0.3 is 19.9 Å². The molecule has 3 aromatic carbocycles. The third kappa shape index (κ3) is 7.65. The quantitative estimate of drug-likeness (QED) is 0.293. The van der Waals surface area contributed by atoms with E-state index >= 15 is 0 Å². The Morgan fingerprint density at radius 1 is 0.846 bits per heavy atom. The summed E-state index contributed by atoms with van der Waals surface area (Å²) in [5.74, 6) is -1.01. The molecule has 1 amide bonds. The highest BCUT2D eigenvalue weighted by molar-refractivity contribution is 5.94. The van der Waals surface area contributed by atoms with Gasteiger partial charge in [-0.2, -0.15) is 26.3 Å². The molecule has 0 spiro atoms. The predicted molar refractivity (Wildman–Crippen MR) is 128 cm³/mol. The third-order valence-corrected chi connectivity index (χ3v) is 5.46. The molecule has 6 nitrogen and oxygen atoms in total. The Kier molecular flexibility index (Phi) is 8.18. The monoisotopic (exact) mass is 555 g/mol. The average molecular weight is 555 g/mol. The van der Waals surface area contributed by atoms with Gasteiger partial charge in [-0.25, -0.2) is 4.79 Å². The predicted octanol–water partition coefficient (Wildman–Crippen LogP) is 7.00. The number of alkyl halides is 6. The molecule has 208 valence electrons. The molecule has 0 radical (unpaired) electrons. The maximum atomic E-state index is 13.1. The van der Waals surface area contributed by atoms with Crippen LogP contribution in [0.5, 0.6) is 17.2 Å². The Bertz CT molecular complexity index is 1350. The summed E-state index contributed by atoms with van der Waals surface area (Å²) in [6.45, 7) is 3.90. The smallest absolute Gasteiger partial charge is 0.416 e. The third-order valence-electron chi connectivity index (χ3n) is 5.46. The van der Waals surface area contributed by atoms with E-state index in [9.17, 15) is 41.0 Å². The maximum Gasteiger partial charge on any atom is 0.416 e. The summed E-state index contributed by atoms with van der Waals surface area (Å²) in [5, 5.41) is 11.6. The lowest BCUT2D eigenvalue weighted by atomic mass is 10.0. The Morgan fingerprint density at radius 3 is 1.97 bits per heavy atom. The van der Waals surface area contributed by atoms with Gasteiger partial charge in [-0.05, 0) is 86.5 Å². The van der Waals surface area contributed by atoms with E-state index in [0.29, 0.717) is 29.2 Å². The molecule has 2 N–H and O–H groups in total. The second kappa shape index (κ2) is 10.9. The first-order valence-corrected chi connectivity index (χ1v) is 11.3. The minimum absolute atomic E-state index is 0.0134. The normalized spacial score (nSPS) is 12.1. The molecule has 0 bridgehead atoms. The molecule has 39 heavy (non-hydrogen) atoms. The van der Waals surface area contributed by atoms with Crippen LogP contribution in [0.2, 0.25) is 0 Å². The zero-order chi connectivity index (χ0) is 29.2. The zero-order valence-corrected chi connectivity index (χ0v) is 20.8. The van der Waals surface area contributed by atoms with Crippen LogP contribution in [-0.2, 0) is 23.7 Å². The van der Waals surface area contributed by atoms with Gasteiger partial charge in [0.1, 0.15) is 17.2 Å². The van der Waals surface area contributed by atoms with Crippen molar-refractivity contribution in [2.45, 2.75) is 45.3 Å². The second-order valence-corrected chi connectivity index (χ2v) is 9.07. The number of carboxylic acid groups (broad SMARTS) is 1. The Hall–Kier alpha value is -4.22. The standard InChI is InChI=1S/C27H23F6NO5/c1-15-9-21(7-8-22(15)39-25(2,3)24(36)37)38-20-6-4-5-17(12-20)23(35)34-14-16-10-18(26(28,29)30)13-19(11-16)27(31,32)33/h4-13H,14H2,1-3H3,(H,34,35)(H,36,37). The topological polar surface area (TPSA) is 84.9 Å². The summed E-state index contributed by atoms with van der Waals surface area (Å²) < 4.78 is 89.7. The molecular formula is C27H23F6NO5. The number of halogens is 6. The molecule has 0 aliphatic heterocycles. The number of aryl methyl sites for hydroxylation is 1. The van der Waals surface area contributed by atoms with Gasteiger partial charge in [0.2, 0.25) is 0 Å². The fourth-order valence-electron chi connectivity index (χ4n) is 3.36. The SMILES string of the molecule is Cc1cc(Oc2cccc(C(=O)NCc3cc(C(F)(F)F)cc(C(F)(F)F)c3)c2)ccc1OC(C)(C)C(=O)O. The largest absolute Gasteiger partial charge is 0.478 e. The van der Waals surface area contributed by atoms with E-state index in [-0.39, 0.29) is 22.9 Å². The molecule has 0 aliphatic carbocycles. The summed E-state index contributed by atoms with van der Waals surface area (Å²) in [7, 11) is 0. The highest BCUT2D eigenvalue weighted by Gasteiger charge is 2.37. The van der Waals surface area contributed by atoms with Crippen LogP contribution in [-0.4, -0.2) is 22.6 Å².